The quantitative estimate of drug-likeness (QED) is 0.854. The van der Waals surface area contributed by atoms with Crippen LogP contribution < -0.4 is 9.47 Å². The standard InChI is InChI=1S/C15H10F3NO2/c1-20-12-4-2-3-10(7-12)14-8-13(21-15(16,17)18)6-5-11(14)9-19/h2-8H,1H3. The Bertz CT molecular complexity index is 690. The first kappa shape index (κ1) is 14.7. The number of nitriles is 1. The summed E-state index contributed by atoms with van der Waals surface area (Å²) in [6.45, 7) is 0. The fraction of sp³-hybridized carbons (Fsp3) is 0.133. The molecule has 0 aromatic heterocycles. The molecule has 0 unspecified atom stereocenters. The molecule has 0 amide bonds. The topological polar surface area (TPSA) is 42.2 Å². The molecule has 3 nitrogen and oxygen atoms in total. The second-order valence-corrected chi connectivity index (χ2v) is 4.10. The predicted octanol–water partition coefficient (Wildman–Crippen LogP) is 4.13. The molecule has 6 heteroatoms. The van der Waals surface area contributed by atoms with Crippen molar-refractivity contribution in [2.24, 2.45) is 0 Å². The Morgan fingerprint density at radius 3 is 2.43 bits per heavy atom. The van der Waals surface area contributed by atoms with Gasteiger partial charge in [-0.1, -0.05) is 12.1 Å². The highest BCUT2D eigenvalue weighted by Crippen LogP contribution is 2.32. The van der Waals surface area contributed by atoms with Crippen molar-refractivity contribution in [3.05, 3.63) is 48.0 Å². The minimum Gasteiger partial charge on any atom is -0.497 e. The second kappa shape index (κ2) is 5.75. The van der Waals surface area contributed by atoms with Gasteiger partial charge < -0.3 is 9.47 Å². The molecule has 0 atom stereocenters. The van der Waals surface area contributed by atoms with Crippen molar-refractivity contribution < 1.29 is 22.6 Å². The zero-order valence-electron chi connectivity index (χ0n) is 10.9. The van der Waals surface area contributed by atoms with Crippen molar-refractivity contribution in [1.82, 2.24) is 0 Å². The second-order valence-electron chi connectivity index (χ2n) is 4.10. The number of hydrogen-bond donors (Lipinski definition) is 0. The van der Waals surface area contributed by atoms with Gasteiger partial charge in [-0.15, -0.1) is 13.2 Å². The van der Waals surface area contributed by atoms with E-state index in [1.807, 2.05) is 6.07 Å². The first-order valence-electron chi connectivity index (χ1n) is 5.87. The van der Waals surface area contributed by atoms with Crippen LogP contribution in [0.1, 0.15) is 5.56 Å². The van der Waals surface area contributed by atoms with Gasteiger partial charge in [-0.05, 0) is 35.9 Å². The smallest absolute Gasteiger partial charge is 0.497 e. The summed E-state index contributed by atoms with van der Waals surface area (Å²) in [5, 5.41) is 9.09. The van der Waals surface area contributed by atoms with Crippen LogP contribution in [0.2, 0.25) is 0 Å². The normalized spacial score (nSPS) is 10.8. The van der Waals surface area contributed by atoms with Crippen LogP contribution in [0.5, 0.6) is 11.5 Å². The van der Waals surface area contributed by atoms with Crippen LogP contribution in [-0.4, -0.2) is 13.5 Å². The highest BCUT2D eigenvalue weighted by atomic mass is 19.4. The third kappa shape index (κ3) is 3.66. The molecule has 2 aromatic carbocycles. The lowest BCUT2D eigenvalue weighted by Crippen LogP contribution is -2.17. The molecule has 0 saturated carbocycles. The number of nitrogens with zero attached hydrogens (tertiary/aromatic N) is 1. The first-order valence-corrected chi connectivity index (χ1v) is 5.87. The number of ether oxygens (including phenoxy) is 2. The zero-order chi connectivity index (χ0) is 15.5. The molecular weight excluding hydrogens is 283 g/mol. The predicted molar refractivity (Wildman–Crippen MR) is 69.8 cm³/mol. The van der Waals surface area contributed by atoms with E-state index in [4.69, 9.17) is 10.00 Å². The Morgan fingerprint density at radius 2 is 1.81 bits per heavy atom. The van der Waals surface area contributed by atoms with E-state index in [9.17, 15) is 13.2 Å². The lowest BCUT2D eigenvalue weighted by Gasteiger charge is -2.12. The van der Waals surface area contributed by atoms with E-state index >= 15 is 0 Å². The molecule has 0 aliphatic rings. The summed E-state index contributed by atoms with van der Waals surface area (Å²) in [6.07, 6.45) is -4.78. The summed E-state index contributed by atoms with van der Waals surface area (Å²) < 4.78 is 45.8. The molecule has 0 saturated heterocycles. The number of benzene rings is 2. The monoisotopic (exact) mass is 293 g/mol. The maximum Gasteiger partial charge on any atom is 0.573 e. The third-order valence-corrected chi connectivity index (χ3v) is 2.73. The fourth-order valence-electron chi connectivity index (χ4n) is 1.85. The van der Waals surface area contributed by atoms with E-state index in [0.29, 0.717) is 16.9 Å². The summed E-state index contributed by atoms with van der Waals surface area (Å²) in [5.41, 5.74) is 1.16. The van der Waals surface area contributed by atoms with Gasteiger partial charge in [-0.25, -0.2) is 0 Å². The Kier molecular flexibility index (Phi) is 4.03. The largest absolute Gasteiger partial charge is 0.573 e. The van der Waals surface area contributed by atoms with Gasteiger partial charge in [0.25, 0.3) is 0 Å². The van der Waals surface area contributed by atoms with Crippen molar-refractivity contribution in [1.29, 1.82) is 5.26 Å². The molecule has 0 radical (unpaired) electrons. The molecule has 0 heterocycles. The van der Waals surface area contributed by atoms with Crippen LogP contribution in [-0.2, 0) is 0 Å². The molecule has 108 valence electrons. The van der Waals surface area contributed by atoms with Gasteiger partial charge in [-0.3, -0.25) is 0 Å². The SMILES string of the molecule is COc1cccc(-c2cc(OC(F)(F)F)ccc2C#N)c1. The lowest BCUT2D eigenvalue weighted by molar-refractivity contribution is -0.274. The van der Waals surface area contributed by atoms with E-state index in [1.165, 1.54) is 19.2 Å². The van der Waals surface area contributed by atoms with Gasteiger partial charge in [0.2, 0.25) is 0 Å². The van der Waals surface area contributed by atoms with Gasteiger partial charge in [0.1, 0.15) is 11.5 Å². The highest BCUT2D eigenvalue weighted by Gasteiger charge is 2.31. The molecule has 21 heavy (non-hydrogen) atoms. The van der Waals surface area contributed by atoms with Gasteiger partial charge in [0.05, 0.1) is 18.7 Å². The molecule has 2 aromatic rings. The van der Waals surface area contributed by atoms with E-state index in [2.05, 4.69) is 4.74 Å². The maximum atomic E-state index is 12.3. The van der Waals surface area contributed by atoms with Crippen molar-refractivity contribution in [3.8, 4) is 28.7 Å². The number of methoxy groups -OCH3 is 1. The maximum absolute atomic E-state index is 12.3. The number of alkyl halides is 3. The molecule has 0 aliphatic carbocycles. The van der Waals surface area contributed by atoms with E-state index in [-0.39, 0.29) is 11.3 Å². The van der Waals surface area contributed by atoms with Crippen molar-refractivity contribution in [3.63, 3.8) is 0 Å². The summed E-state index contributed by atoms with van der Waals surface area (Å²) in [7, 11) is 1.48. The molecule has 0 N–H and O–H groups in total. The van der Waals surface area contributed by atoms with Crippen LogP contribution in [0.15, 0.2) is 42.5 Å². The Hall–Kier alpha value is -2.68. The Labute approximate surface area is 119 Å². The molecule has 0 spiro atoms. The summed E-state index contributed by atoms with van der Waals surface area (Å²) in [5.74, 6) is 0.165. The van der Waals surface area contributed by atoms with E-state index in [1.54, 1.807) is 24.3 Å². The Balaban J connectivity index is 2.50. The summed E-state index contributed by atoms with van der Waals surface area (Å²) in [6, 6.07) is 12.2. The number of halogens is 3. The van der Waals surface area contributed by atoms with Crippen molar-refractivity contribution >= 4 is 0 Å². The first-order chi connectivity index (χ1) is 9.93. The number of hydrogen-bond acceptors (Lipinski definition) is 3. The number of rotatable bonds is 3. The average molecular weight is 293 g/mol. The van der Waals surface area contributed by atoms with Gasteiger partial charge in [-0.2, -0.15) is 5.26 Å². The van der Waals surface area contributed by atoms with Crippen LogP contribution in [0.3, 0.4) is 0 Å². The van der Waals surface area contributed by atoms with Crippen LogP contribution in [0.25, 0.3) is 11.1 Å². The molecule has 2 rings (SSSR count). The average Bonchev–Trinajstić information content (AvgIpc) is 2.45. The molecule has 0 fully saturated rings. The van der Waals surface area contributed by atoms with E-state index in [0.717, 1.165) is 6.07 Å². The van der Waals surface area contributed by atoms with Crippen LogP contribution in [0, 0.1) is 11.3 Å². The Morgan fingerprint density at radius 1 is 1.05 bits per heavy atom. The zero-order valence-corrected chi connectivity index (χ0v) is 10.9. The molecule has 0 bridgehead atoms. The van der Waals surface area contributed by atoms with Crippen molar-refractivity contribution in [2.45, 2.75) is 6.36 Å². The van der Waals surface area contributed by atoms with Gasteiger partial charge >= 0.3 is 6.36 Å². The van der Waals surface area contributed by atoms with E-state index < -0.39 is 6.36 Å². The molecule has 0 aliphatic heterocycles. The van der Waals surface area contributed by atoms with Gasteiger partial charge in [0.15, 0.2) is 0 Å². The minimum absolute atomic E-state index is 0.248. The van der Waals surface area contributed by atoms with Crippen molar-refractivity contribution in [2.75, 3.05) is 7.11 Å². The summed E-state index contributed by atoms with van der Waals surface area (Å²) in [4.78, 5) is 0. The lowest BCUT2D eigenvalue weighted by atomic mass is 10.00. The summed E-state index contributed by atoms with van der Waals surface area (Å²) >= 11 is 0. The van der Waals surface area contributed by atoms with Gasteiger partial charge in [0, 0.05) is 5.56 Å². The molecular formula is C15H10F3NO2. The minimum atomic E-state index is -4.78. The van der Waals surface area contributed by atoms with Crippen LogP contribution >= 0.6 is 0 Å². The third-order valence-electron chi connectivity index (χ3n) is 2.73. The fourth-order valence-corrected chi connectivity index (χ4v) is 1.85. The van der Waals surface area contributed by atoms with Crippen LogP contribution in [0.4, 0.5) is 13.2 Å². The highest BCUT2D eigenvalue weighted by molar-refractivity contribution is 5.73.